The Hall–Kier alpha value is 0.390. The minimum absolute atomic E-state index is 0.274. The van der Waals surface area contributed by atoms with E-state index in [-0.39, 0.29) is 7.92 Å². The lowest BCUT2D eigenvalue weighted by molar-refractivity contribution is 0.448. The summed E-state index contributed by atoms with van der Waals surface area (Å²) in [6, 6.07) is 0. The molecule has 1 atom stereocenters. The number of rotatable bonds is 3. The van der Waals surface area contributed by atoms with Gasteiger partial charge in [-0.2, -0.15) is 0 Å². The Balaban J connectivity index is 1.68. The molecule has 1 nitrogen and oxygen atoms in total. The predicted octanol–water partition coefficient (Wildman–Crippen LogP) is 5.23. The Morgan fingerprint density at radius 1 is 0.579 bits per heavy atom. The van der Waals surface area contributed by atoms with Crippen LogP contribution in [0.1, 0.15) is 83.5 Å². The fourth-order valence-electron chi connectivity index (χ4n) is 4.65. The first-order valence-electron chi connectivity index (χ1n) is 8.96. The van der Waals surface area contributed by atoms with E-state index in [9.17, 15) is 0 Å². The van der Waals surface area contributed by atoms with Crippen molar-refractivity contribution in [3.05, 3.63) is 0 Å². The fourth-order valence-corrected chi connectivity index (χ4v) is 9.01. The SMILES string of the molecule is C1CCC(P(C2CCCCC2)C2CCCCN2)CC1. The second kappa shape index (κ2) is 7.41. The van der Waals surface area contributed by atoms with Gasteiger partial charge in [-0.25, -0.2) is 0 Å². The third-order valence-corrected chi connectivity index (χ3v) is 9.52. The third-order valence-electron chi connectivity index (χ3n) is 5.64. The largest absolute Gasteiger partial charge is 0.310 e. The van der Waals surface area contributed by atoms with Gasteiger partial charge in [-0.1, -0.05) is 52.9 Å². The van der Waals surface area contributed by atoms with Crippen molar-refractivity contribution in [1.82, 2.24) is 5.32 Å². The monoisotopic (exact) mass is 281 g/mol. The molecule has 0 radical (unpaired) electrons. The van der Waals surface area contributed by atoms with Crippen LogP contribution in [-0.4, -0.2) is 23.6 Å². The van der Waals surface area contributed by atoms with Crippen LogP contribution in [0.2, 0.25) is 0 Å². The first-order valence-corrected chi connectivity index (χ1v) is 10.5. The molecule has 3 fully saturated rings. The van der Waals surface area contributed by atoms with Gasteiger partial charge < -0.3 is 5.32 Å². The van der Waals surface area contributed by atoms with Crippen LogP contribution in [-0.2, 0) is 0 Å². The van der Waals surface area contributed by atoms with E-state index >= 15 is 0 Å². The number of nitrogens with one attached hydrogen (secondary N) is 1. The zero-order valence-electron chi connectivity index (χ0n) is 12.6. The van der Waals surface area contributed by atoms with Crippen molar-refractivity contribution in [3.63, 3.8) is 0 Å². The Labute approximate surface area is 121 Å². The molecular weight excluding hydrogens is 249 g/mol. The van der Waals surface area contributed by atoms with Crippen molar-refractivity contribution >= 4 is 7.92 Å². The lowest BCUT2D eigenvalue weighted by Gasteiger charge is -2.44. The standard InChI is InChI=1S/C17H32NP/c1-3-9-15(10-4-1)19(16-11-5-2-6-12-16)17-13-7-8-14-18-17/h15-18H,1-14H2. The molecule has 1 saturated heterocycles. The summed E-state index contributed by atoms with van der Waals surface area (Å²) in [5.41, 5.74) is 2.25. The Kier molecular flexibility index (Phi) is 5.59. The molecule has 19 heavy (non-hydrogen) atoms. The summed E-state index contributed by atoms with van der Waals surface area (Å²) in [5, 5.41) is 3.94. The summed E-state index contributed by atoms with van der Waals surface area (Å²) >= 11 is 0. The molecule has 0 bridgehead atoms. The average Bonchev–Trinajstić information content (AvgIpc) is 2.51. The molecule has 110 valence electrons. The molecule has 2 heteroatoms. The van der Waals surface area contributed by atoms with Crippen molar-refractivity contribution < 1.29 is 0 Å². The summed E-state index contributed by atoms with van der Waals surface area (Å²) in [5.74, 6) is 0.940. The van der Waals surface area contributed by atoms with E-state index in [4.69, 9.17) is 0 Å². The van der Waals surface area contributed by atoms with Crippen LogP contribution in [0, 0.1) is 0 Å². The second-order valence-electron chi connectivity index (χ2n) is 7.00. The minimum Gasteiger partial charge on any atom is -0.310 e. The fraction of sp³-hybridized carbons (Fsp3) is 1.00. The van der Waals surface area contributed by atoms with Gasteiger partial charge in [0.15, 0.2) is 0 Å². The van der Waals surface area contributed by atoms with Crippen molar-refractivity contribution in [2.75, 3.05) is 6.54 Å². The average molecular weight is 281 g/mol. The molecule has 1 unspecified atom stereocenters. The van der Waals surface area contributed by atoms with Crippen molar-refractivity contribution in [2.45, 2.75) is 101 Å². The maximum absolute atomic E-state index is 3.94. The van der Waals surface area contributed by atoms with Crippen LogP contribution < -0.4 is 5.32 Å². The molecule has 1 heterocycles. The van der Waals surface area contributed by atoms with Crippen molar-refractivity contribution in [1.29, 1.82) is 0 Å². The van der Waals surface area contributed by atoms with Gasteiger partial charge in [0.05, 0.1) is 0 Å². The van der Waals surface area contributed by atoms with Crippen LogP contribution >= 0.6 is 7.92 Å². The minimum atomic E-state index is 0.274. The molecule has 2 aliphatic carbocycles. The Morgan fingerprint density at radius 3 is 1.58 bits per heavy atom. The zero-order valence-corrected chi connectivity index (χ0v) is 13.5. The van der Waals surface area contributed by atoms with Crippen LogP contribution in [0.15, 0.2) is 0 Å². The molecule has 0 aromatic carbocycles. The highest BCUT2D eigenvalue weighted by molar-refractivity contribution is 7.59. The molecule has 2 saturated carbocycles. The highest BCUT2D eigenvalue weighted by Crippen LogP contribution is 2.59. The normalized spacial score (nSPS) is 31.7. The molecule has 0 aromatic heterocycles. The molecule has 0 aromatic rings. The Bertz CT molecular complexity index is 207. The van der Waals surface area contributed by atoms with Gasteiger partial charge >= 0.3 is 0 Å². The zero-order chi connectivity index (χ0) is 12.9. The predicted molar refractivity (Wildman–Crippen MR) is 86.3 cm³/mol. The van der Waals surface area contributed by atoms with E-state index in [1.54, 1.807) is 25.7 Å². The summed E-state index contributed by atoms with van der Waals surface area (Å²) in [6.07, 6.45) is 19.9. The lowest BCUT2D eigenvalue weighted by Crippen LogP contribution is -2.38. The quantitative estimate of drug-likeness (QED) is 0.698. The van der Waals surface area contributed by atoms with E-state index in [2.05, 4.69) is 5.32 Å². The Morgan fingerprint density at radius 2 is 1.11 bits per heavy atom. The third kappa shape index (κ3) is 3.73. The maximum atomic E-state index is 3.94. The summed E-state index contributed by atoms with van der Waals surface area (Å²) < 4.78 is 0. The van der Waals surface area contributed by atoms with Gasteiger partial charge in [0.25, 0.3) is 0 Å². The summed E-state index contributed by atoms with van der Waals surface area (Å²) in [6.45, 7) is 1.31. The molecular formula is C17H32NP. The van der Waals surface area contributed by atoms with Crippen LogP contribution in [0.3, 0.4) is 0 Å². The molecule has 1 aliphatic heterocycles. The topological polar surface area (TPSA) is 12.0 Å². The first kappa shape index (κ1) is 14.3. The van der Waals surface area contributed by atoms with Gasteiger partial charge in [-0.15, -0.1) is 0 Å². The van der Waals surface area contributed by atoms with Gasteiger partial charge in [-0.3, -0.25) is 0 Å². The molecule has 0 amide bonds. The van der Waals surface area contributed by atoms with Gasteiger partial charge in [-0.05, 0) is 56.4 Å². The lowest BCUT2D eigenvalue weighted by atomic mass is 9.99. The van der Waals surface area contributed by atoms with Gasteiger partial charge in [0, 0.05) is 5.78 Å². The second-order valence-corrected chi connectivity index (χ2v) is 9.97. The van der Waals surface area contributed by atoms with Crippen molar-refractivity contribution in [2.24, 2.45) is 0 Å². The number of hydrogen-bond acceptors (Lipinski definition) is 1. The number of piperidine rings is 1. The first-order chi connectivity index (χ1) is 9.45. The van der Waals surface area contributed by atoms with Crippen LogP contribution in [0.4, 0.5) is 0 Å². The molecule has 0 spiro atoms. The number of hydrogen-bond donors (Lipinski definition) is 1. The van der Waals surface area contributed by atoms with E-state index in [0.29, 0.717) is 0 Å². The van der Waals surface area contributed by atoms with E-state index in [0.717, 1.165) is 17.1 Å². The van der Waals surface area contributed by atoms with E-state index in [1.807, 2.05) is 0 Å². The van der Waals surface area contributed by atoms with Crippen LogP contribution in [0.5, 0.6) is 0 Å². The highest BCUT2D eigenvalue weighted by Gasteiger charge is 2.36. The summed E-state index contributed by atoms with van der Waals surface area (Å²) in [7, 11) is 0.274. The smallest absolute Gasteiger partial charge is 0.0273 e. The molecule has 3 rings (SSSR count). The van der Waals surface area contributed by atoms with Gasteiger partial charge in [0.1, 0.15) is 0 Å². The van der Waals surface area contributed by atoms with Crippen molar-refractivity contribution in [3.8, 4) is 0 Å². The van der Waals surface area contributed by atoms with E-state index in [1.165, 1.54) is 64.3 Å². The molecule has 3 aliphatic rings. The summed E-state index contributed by atoms with van der Waals surface area (Å²) in [4.78, 5) is 0. The van der Waals surface area contributed by atoms with Gasteiger partial charge in [0.2, 0.25) is 0 Å². The van der Waals surface area contributed by atoms with Crippen LogP contribution in [0.25, 0.3) is 0 Å². The maximum Gasteiger partial charge on any atom is 0.0273 e. The van der Waals surface area contributed by atoms with E-state index < -0.39 is 0 Å². The highest BCUT2D eigenvalue weighted by atomic mass is 31.1. The molecule has 1 N–H and O–H groups in total.